The van der Waals surface area contributed by atoms with E-state index in [1.54, 1.807) is 30.7 Å². The number of carbonyl (C=O) groups is 3. The number of nitrogens with zero attached hydrogens (tertiary/aromatic N) is 3. The number of aromatic nitrogens is 1. The lowest BCUT2D eigenvalue weighted by Crippen LogP contribution is -2.61. The number of aryl methyl sites for hydroxylation is 1. The van der Waals surface area contributed by atoms with Crippen LogP contribution in [0.3, 0.4) is 0 Å². The van der Waals surface area contributed by atoms with Crippen LogP contribution in [-0.4, -0.2) is 58.0 Å². The predicted octanol–water partition coefficient (Wildman–Crippen LogP) is 1.51. The molecule has 1 saturated heterocycles. The number of likely N-dealkylation sites (tertiary alicyclic amines) is 1. The molecule has 9 nitrogen and oxygen atoms in total. The molecule has 1 saturated carbocycles. The van der Waals surface area contributed by atoms with Gasteiger partial charge in [0.15, 0.2) is 0 Å². The standard InChI is InChI=1S/C25H32F3N5O4/c1-23(2,3)18(31-22(37)25(26,27)28)21(36)33-12-15-16(24(15,4)5)17(33)19(34)30-14(11-29)10-13-8-7-9-32(6)20(13)35/h7-9,14-18H,10,12H2,1-6H3,(H,30,34)(H,31,37)/t14?,15-,16+,17-,18+/m0/s1. The average Bonchev–Trinajstić information content (AvgIpc) is 3.11. The maximum atomic E-state index is 13.5. The molecule has 0 spiro atoms. The van der Waals surface area contributed by atoms with Gasteiger partial charge in [-0.05, 0) is 28.7 Å². The zero-order valence-electron chi connectivity index (χ0n) is 21.6. The van der Waals surface area contributed by atoms with Crippen molar-refractivity contribution in [1.29, 1.82) is 5.26 Å². The van der Waals surface area contributed by atoms with Gasteiger partial charge in [-0.1, -0.05) is 40.7 Å². The number of alkyl halides is 3. The first-order chi connectivity index (χ1) is 16.9. The molecule has 0 aromatic carbocycles. The van der Waals surface area contributed by atoms with Gasteiger partial charge in [0.05, 0.1) is 6.07 Å². The maximum absolute atomic E-state index is 13.5. The number of piperidine rings is 1. The summed E-state index contributed by atoms with van der Waals surface area (Å²) in [6.45, 7) is 8.58. The van der Waals surface area contributed by atoms with Gasteiger partial charge in [0.2, 0.25) is 11.8 Å². The summed E-state index contributed by atoms with van der Waals surface area (Å²) in [5, 5.41) is 14.1. The summed E-state index contributed by atoms with van der Waals surface area (Å²) < 4.78 is 40.3. The first kappa shape index (κ1) is 28.2. The van der Waals surface area contributed by atoms with E-state index in [4.69, 9.17) is 0 Å². The molecule has 2 fully saturated rings. The van der Waals surface area contributed by atoms with Gasteiger partial charge in [-0.15, -0.1) is 0 Å². The zero-order chi connectivity index (χ0) is 28.1. The van der Waals surface area contributed by atoms with E-state index in [1.165, 1.54) is 30.2 Å². The Morgan fingerprint density at radius 3 is 2.38 bits per heavy atom. The number of nitrogens with one attached hydrogen (secondary N) is 2. The van der Waals surface area contributed by atoms with Crippen molar-refractivity contribution in [1.82, 2.24) is 20.1 Å². The van der Waals surface area contributed by atoms with Gasteiger partial charge >= 0.3 is 12.1 Å². The third kappa shape index (κ3) is 5.50. The molecular weight excluding hydrogens is 491 g/mol. The molecule has 0 radical (unpaired) electrons. The quantitative estimate of drug-likeness (QED) is 0.585. The van der Waals surface area contributed by atoms with E-state index in [9.17, 15) is 37.6 Å². The SMILES string of the molecule is Cn1cccc(CC(C#N)NC(=O)[C@@H]2[C@H]3[C@H](CN2C(=O)[C@@H](NC(=O)C(F)(F)F)C(C)(C)C)C3(C)C)c1=O. The van der Waals surface area contributed by atoms with Crippen molar-refractivity contribution in [2.45, 2.75) is 65.3 Å². The van der Waals surface area contributed by atoms with Gasteiger partial charge in [-0.3, -0.25) is 19.2 Å². The number of amides is 3. The molecule has 37 heavy (non-hydrogen) atoms. The maximum Gasteiger partial charge on any atom is 0.471 e. The van der Waals surface area contributed by atoms with Crippen LogP contribution in [0.4, 0.5) is 13.2 Å². The molecule has 3 rings (SSSR count). The Labute approximate surface area is 213 Å². The van der Waals surface area contributed by atoms with Crippen molar-refractivity contribution in [3.63, 3.8) is 0 Å². The molecule has 0 bridgehead atoms. The number of carbonyl (C=O) groups excluding carboxylic acids is 3. The minimum Gasteiger partial charge on any atom is -0.338 e. The zero-order valence-corrected chi connectivity index (χ0v) is 21.6. The number of rotatable bonds is 6. The van der Waals surface area contributed by atoms with Crippen molar-refractivity contribution >= 4 is 17.7 Å². The van der Waals surface area contributed by atoms with Crippen LogP contribution < -0.4 is 16.2 Å². The molecule has 1 aromatic heterocycles. The van der Waals surface area contributed by atoms with Crippen LogP contribution >= 0.6 is 0 Å². The molecular formula is C25H32F3N5O4. The number of hydrogen-bond acceptors (Lipinski definition) is 5. The topological polar surface area (TPSA) is 124 Å². The summed E-state index contributed by atoms with van der Waals surface area (Å²) in [6, 6.07) is 1.54. The Hall–Kier alpha value is -3.36. The van der Waals surface area contributed by atoms with E-state index in [0.29, 0.717) is 5.56 Å². The van der Waals surface area contributed by atoms with Crippen LogP contribution in [0.2, 0.25) is 0 Å². The second-order valence-corrected chi connectivity index (χ2v) is 11.5. The number of fused-ring (bicyclic) bond motifs is 1. The first-order valence-corrected chi connectivity index (χ1v) is 11.9. The highest BCUT2D eigenvalue weighted by atomic mass is 19.4. The van der Waals surface area contributed by atoms with Crippen LogP contribution in [0.25, 0.3) is 0 Å². The van der Waals surface area contributed by atoms with Gasteiger partial charge in [0, 0.05) is 31.8 Å². The monoisotopic (exact) mass is 523 g/mol. The molecule has 5 atom stereocenters. The van der Waals surface area contributed by atoms with E-state index in [0.717, 1.165) is 0 Å². The van der Waals surface area contributed by atoms with Crippen molar-refractivity contribution in [3.8, 4) is 6.07 Å². The minimum atomic E-state index is -5.18. The molecule has 2 N–H and O–H groups in total. The second kappa shape index (κ2) is 9.50. The van der Waals surface area contributed by atoms with Crippen LogP contribution in [0, 0.1) is 34.0 Å². The fourth-order valence-corrected chi connectivity index (χ4v) is 5.26. The van der Waals surface area contributed by atoms with Crippen molar-refractivity contribution in [2.75, 3.05) is 6.54 Å². The number of pyridine rings is 1. The molecule has 1 aromatic rings. The van der Waals surface area contributed by atoms with Crippen molar-refractivity contribution < 1.29 is 27.6 Å². The Bertz CT molecular complexity index is 1190. The Balaban J connectivity index is 1.85. The summed E-state index contributed by atoms with van der Waals surface area (Å²) in [5.74, 6) is -3.98. The van der Waals surface area contributed by atoms with Gasteiger partial charge in [-0.2, -0.15) is 18.4 Å². The number of hydrogen-bond donors (Lipinski definition) is 2. The summed E-state index contributed by atoms with van der Waals surface area (Å²) in [5.41, 5.74) is -1.36. The van der Waals surface area contributed by atoms with Crippen molar-refractivity contribution in [3.05, 3.63) is 34.2 Å². The van der Waals surface area contributed by atoms with E-state index in [2.05, 4.69) is 5.32 Å². The summed E-state index contributed by atoms with van der Waals surface area (Å²) in [7, 11) is 1.56. The van der Waals surface area contributed by atoms with E-state index >= 15 is 0 Å². The van der Waals surface area contributed by atoms with Crippen LogP contribution in [0.5, 0.6) is 0 Å². The fourth-order valence-electron chi connectivity index (χ4n) is 5.26. The van der Waals surface area contributed by atoms with Gasteiger partial charge < -0.3 is 20.1 Å². The molecule has 202 valence electrons. The lowest BCUT2D eigenvalue weighted by Gasteiger charge is -2.37. The summed E-state index contributed by atoms with van der Waals surface area (Å²) in [4.78, 5) is 52.2. The number of nitriles is 1. The average molecular weight is 524 g/mol. The molecule has 1 unspecified atom stereocenters. The summed E-state index contributed by atoms with van der Waals surface area (Å²) >= 11 is 0. The van der Waals surface area contributed by atoms with Crippen LogP contribution in [0.15, 0.2) is 23.1 Å². The minimum absolute atomic E-state index is 0.0554. The molecule has 1 aliphatic carbocycles. The van der Waals surface area contributed by atoms with Gasteiger partial charge in [-0.25, -0.2) is 0 Å². The molecule has 3 amide bonds. The predicted molar refractivity (Wildman–Crippen MR) is 127 cm³/mol. The third-order valence-electron chi connectivity index (χ3n) is 7.50. The smallest absolute Gasteiger partial charge is 0.338 e. The molecule has 12 heteroatoms. The van der Waals surface area contributed by atoms with Gasteiger partial charge in [0.25, 0.3) is 5.56 Å². The lowest BCUT2D eigenvalue weighted by molar-refractivity contribution is -0.176. The van der Waals surface area contributed by atoms with Crippen LogP contribution in [-0.2, 0) is 27.9 Å². The summed E-state index contributed by atoms with van der Waals surface area (Å²) in [6.07, 6.45) is -3.67. The third-order valence-corrected chi connectivity index (χ3v) is 7.50. The lowest BCUT2D eigenvalue weighted by atomic mass is 9.85. The molecule has 2 aliphatic rings. The first-order valence-electron chi connectivity index (χ1n) is 11.9. The van der Waals surface area contributed by atoms with Crippen LogP contribution in [0.1, 0.15) is 40.2 Å². The fraction of sp³-hybridized carbons (Fsp3) is 0.640. The highest BCUT2D eigenvalue weighted by Crippen LogP contribution is 2.65. The Morgan fingerprint density at radius 2 is 1.84 bits per heavy atom. The number of halogens is 3. The van der Waals surface area contributed by atoms with E-state index in [-0.39, 0.29) is 35.8 Å². The molecule has 1 aliphatic heterocycles. The molecule has 2 heterocycles. The van der Waals surface area contributed by atoms with E-state index < -0.39 is 47.4 Å². The normalized spacial score (nSPS) is 23.9. The second-order valence-electron chi connectivity index (χ2n) is 11.5. The highest BCUT2D eigenvalue weighted by Gasteiger charge is 2.70. The van der Waals surface area contributed by atoms with Gasteiger partial charge in [0.1, 0.15) is 18.1 Å². The van der Waals surface area contributed by atoms with E-state index in [1.807, 2.05) is 19.9 Å². The van der Waals surface area contributed by atoms with Crippen molar-refractivity contribution in [2.24, 2.45) is 29.7 Å². The Morgan fingerprint density at radius 1 is 1.22 bits per heavy atom. The highest BCUT2D eigenvalue weighted by molar-refractivity contribution is 5.95. The Kier molecular flexibility index (Phi) is 7.25. The largest absolute Gasteiger partial charge is 0.471 e.